The fourth-order valence-electron chi connectivity index (χ4n) is 1.45. The summed E-state index contributed by atoms with van der Waals surface area (Å²) in [7, 11) is -1.81. The molecular formula is C12H19N3O4S. The highest BCUT2D eigenvalue weighted by Gasteiger charge is 2.09. The van der Waals surface area contributed by atoms with Crippen LogP contribution in [-0.4, -0.2) is 47.4 Å². The molecule has 1 aromatic rings. The third kappa shape index (κ3) is 6.50. The number of rotatable bonds is 8. The number of amides is 1. The van der Waals surface area contributed by atoms with Gasteiger partial charge in [0.15, 0.2) is 0 Å². The van der Waals surface area contributed by atoms with Crippen molar-refractivity contribution in [3.63, 3.8) is 0 Å². The third-order valence-corrected chi connectivity index (χ3v) is 2.86. The molecule has 0 heterocycles. The molecule has 112 valence electrons. The van der Waals surface area contributed by atoms with Gasteiger partial charge in [0.2, 0.25) is 15.9 Å². The summed E-state index contributed by atoms with van der Waals surface area (Å²) >= 11 is 0. The van der Waals surface area contributed by atoms with Crippen LogP contribution in [0.15, 0.2) is 24.3 Å². The van der Waals surface area contributed by atoms with Crippen LogP contribution in [0.3, 0.4) is 0 Å². The second kappa shape index (κ2) is 7.83. The van der Waals surface area contributed by atoms with E-state index >= 15 is 0 Å². The maximum atomic E-state index is 11.7. The summed E-state index contributed by atoms with van der Waals surface area (Å²) in [5.41, 5.74) is 0.747. The van der Waals surface area contributed by atoms with E-state index in [9.17, 15) is 13.2 Å². The second-order valence-corrected chi connectivity index (χ2v) is 5.89. The Morgan fingerprint density at radius 2 is 1.90 bits per heavy atom. The van der Waals surface area contributed by atoms with Gasteiger partial charge in [-0.15, -0.1) is 0 Å². The van der Waals surface area contributed by atoms with Gasteiger partial charge in [-0.05, 0) is 12.1 Å². The van der Waals surface area contributed by atoms with Crippen LogP contribution in [0.5, 0.6) is 0 Å². The fourth-order valence-corrected chi connectivity index (χ4v) is 2.03. The van der Waals surface area contributed by atoms with Gasteiger partial charge in [0.05, 0.1) is 30.8 Å². The van der Waals surface area contributed by atoms with Crippen LogP contribution >= 0.6 is 0 Å². The number of sulfonamides is 1. The Morgan fingerprint density at radius 3 is 2.50 bits per heavy atom. The molecule has 0 radical (unpaired) electrons. The van der Waals surface area contributed by atoms with E-state index < -0.39 is 10.0 Å². The topological polar surface area (TPSA) is 96.5 Å². The molecule has 1 rings (SSSR count). The molecule has 8 heteroatoms. The van der Waals surface area contributed by atoms with Gasteiger partial charge >= 0.3 is 0 Å². The highest BCUT2D eigenvalue weighted by Crippen LogP contribution is 2.21. The Morgan fingerprint density at radius 1 is 1.25 bits per heavy atom. The Bertz CT molecular complexity index is 545. The van der Waals surface area contributed by atoms with Gasteiger partial charge in [-0.3, -0.25) is 9.52 Å². The van der Waals surface area contributed by atoms with E-state index in [1.807, 2.05) is 0 Å². The number of benzene rings is 1. The number of methoxy groups -OCH3 is 1. The summed E-state index contributed by atoms with van der Waals surface area (Å²) in [5.74, 6) is -0.260. The molecule has 3 N–H and O–H groups in total. The van der Waals surface area contributed by atoms with Crippen molar-refractivity contribution in [2.24, 2.45) is 0 Å². The largest absolute Gasteiger partial charge is 0.383 e. The summed E-state index contributed by atoms with van der Waals surface area (Å²) in [4.78, 5) is 11.7. The molecule has 0 spiro atoms. The fraction of sp³-hybridized carbons (Fsp3) is 0.417. The van der Waals surface area contributed by atoms with E-state index in [0.29, 0.717) is 24.5 Å². The molecule has 0 fully saturated rings. The van der Waals surface area contributed by atoms with Gasteiger partial charge in [0.25, 0.3) is 0 Å². The van der Waals surface area contributed by atoms with Crippen molar-refractivity contribution in [1.29, 1.82) is 0 Å². The standard InChI is InChI=1S/C12H19N3O4S/c1-19-8-7-13-9-12(16)14-10-5-3-4-6-11(10)15-20(2,17)18/h3-6,13,15H,7-9H2,1-2H3,(H,14,16). The number of para-hydroxylation sites is 2. The minimum Gasteiger partial charge on any atom is -0.383 e. The molecule has 1 amide bonds. The first-order chi connectivity index (χ1) is 9.42. The first-order valence-electron chi connectivity index (χ1n) is 5.98. The molecule has 0 saturated carbocycles. The van der Waals surface area contributed by atoms with E-state index in [0.717, 1.165) is 6.26 Å². The predicted octanol–water partition coefficient (Wildman–Crippen LogP) is 0.233. The maximum absolute atomic E-state index is 11.7. The van der Waals surface area contributed by atoms with Crippen molar-refractivity contribution in [2.75, 3.05) is 43.1 Å². The zero-order valence-corrected chi connectivity index (χ0v) is 12.3. The average Bonchev–Trinajstić information content (AvgIpc) is 2.35. The molecule has 20 heavy (non-hydrogen) atoms. The molecule has 1 aromatic carbocycles. The van der Waals surface area contributed by atoms with E-state index in [1.54, 1.807) is 31.4 Å². The van der Waals surface area contributed by atoms with Gasteiger partial charge in [-0.25, -0.2) is 8.42 Å². The highest BCUT2D eigenvalue weighted by molar-refractivity contribution is 7.92. The van der Waals surface area contributed by atoms with Crippen LogP contribution in [0, 0.1) is 0 Å². The Labute approximate surface area is 118 Å². The van der Waals surface area contributed by atoms with Gasteiger partial charge in [0.1, 0.15) is 0 Å². The normalized spacial score (nSPS) is 11.1. The molecule has 7 nitrogen and oxygen atoms in total. The lowest BCUT2D eigenvalue weighted by Crippen LogP contribution is -2.30. The van der Waals surface area contributed by atoms with Gasteiger partial charge in [0, 0.05) is 13.7 Å². The molecule has 0 atom stereocenters. The van der Waals surface area contributed by atoms with Crippen molar-refractivity contribution in [2.45, 2.75) is 0 Å². The van der Waals surface area contributed by atoms with Crippen LogP contribution < -0.4 is 15.4 Å². The van der Waals surface area contributed by atoms with Crippen LogP contribution in [0.4, 0.5) is 11.4 Å². The van der Waals surface area contributed by atoms with E-state index in [1.165, 1.54) is 0 Å². The number of ether oxygens (including phenoxy) is 1. The molecular weight excluding hydrogens is 282 g/mol. The summed E-state index contributed by atoms with van der Waals surface area (Å²) < 4.78 is 29.7. The van der Waals surface area contributed by atoms with Crippen LogP contribution in [0.2, 0.25) is 0 Å². The Kier molecular flexibility index (Phi) is 6.43. The average molecular weight is 301 g/mol. The molecule has 0 unspecified atom stereocenters. The van der Waals surface area contributed by atoms with E-state index in [2.05, 4.69) is 15.4 Å². The zero-order chi connectivity index (χ0) is 15.0. The van der Waals surface area contributed by atoms with Crippen molar-refractivity contribution in [3.05, 3.63) is 24.3 Å². The zero-order valence-electron chi connectivity index (χ0n) is 11.5. The monoisotopic (exact) mass is 301 g/mol. The lowest BCUT2D eigenvalue weighted by Gasteiger charge is -2.12. The minimum absolute atomic E-state index is 0.122. The summed E-state index contributed by atoms with van der Waals surface area (Å²) in [6.45, 7) is 1.20. The number of hydrogen-bond acceptors (Lipinski definition) is 5. The van der Waals surface area contributed by atoms with Gasteiger partial charge in [-0.1, -0.05) is 12.1 Å². The number of hydrogen-bond donors (Lipinski definition) is 3. The summed E-state index contributed by atoms with van der Waals surface area (Å²) in [6, 6.07) is 6.59. The molecule has 0 aromatic heterocycles. The Hall–Kier alpha value is -1.64. The third-order valence-electron chi connectivity index (χ3n) is 2.27. The predicted molar refractivity (Wildman–Crippen MR) is 78.3 cm³/mol. The lowest BCUT2D eigenvalue weighted by atomic mass is 10.2. The van der Waals surface area contributed by atoms with Crippen LogP contribution in [-0.2, 0) is 19.6 Å². The Balaban J connectivity index is 2.61. The molecule has 0 bridgehead atoms. The van der Waals surface area contributed by atoms with Crippen molar-refractivity contribution < 1.29 is 17.9 Å². The number of carbonyl (C=O) groups excluding carboxylic acids is 1. The smallest absolute Gasteiger partial charge is 0.238 e. The number of anilines is 2. The van der Waals surface area contributed by atoms with Crippen molar-refractivity contribution in [1.82, 2.24) is 5.32 Å². The maximum Gasteiger partial charge on any atom is 0.238 e. The summed E-state index contributed by atoms with van der Waals surface area (Å²) in [5, 5.41) is 5.54. The van der Waals surface area contributed by atoms with E-state index in [-0.39, 0.29) is 12.5 Å². The molecule has 0 aliphatic heterocycles. The lowest BCUT2D eigenvalue weighted by molar-refractivity contribution is -0.115. The first-order valence-corrected chi connectivity index (χ1v) is 7.88. The SMILES string of the molecule is COCCNCC(=O)Nc1ccccc1NS(C)(=O)=O. The van der Waals surface area contributed by atoms with Gasteiger partial charge in [-0.2, -0.15) is 0 Å². The molecule has 0 saturated heterocycles. The second-order valence-electron chi connectivity index (χ2n) is 4.14. The first kappa shape index (κ1) is 16.4. The van der Waals surface area contributed by atoms with Crippen molar-refractivity contribution in [3.8, 4) is 0 Å². The number of carbonyl (C=O) groups is 1. The van der Waals surface area contributed by atoms with Gasteiger partial charge < -0.3 is 15.4 Å². The minimum atomic E-state index is -3.39. The quantitative estimate of drug-likeness (QED) is 0.597. The summed E-state index contributed by atoms with van der Waals surface area (Å²) in [6.07, 6.45) is 1.05. The number of nitrogens with one attached hydrogen (secondary N) is 3. The molecule has 0 aliphatic carbocycles. The van der Waals surface area contributed by atoms with Crippen molar-refractivity contribution >= 4 is 27.3 Å². The molecule has 0 aliphatic rings. The van der Waals surface area contributed by atoms with Crippen LogP contribution in [0.1, 0.15) is 0 Å². The highest BCUT2D eigenvalue weighted by atomic mass is 32.2. The van der Waals surface area contributed by atoms with E-state index in [4.69, 9.17) is 4.74 Å². The van der Waals surface area contributed by atoms with Crippen LogP contribution in [0.25, 0.3) is 0 Å².